The largest absolute Gasteiger partial charge is 0.472 e. The molecule has 0 aromatic rings. The lowest BCUT2D eigenvalue weighted by Gasteiger charge is -2.47. The summed E-state index contributed by atoms with van der Waals surface area (Å²) in [5.74, 6) is 8.68. The lowest BCUT2D eigenvalue weighted by Crippen LogP contribution is -2.66. The van der Waals surface area contributed by atoms with Crippen LogP contribution in [-0.4, -0.2) is 50.9 Å². The van der Waals surface area contributed by atoms with Crippen LogP contribution in [0.5, 0.6) is 0 Å². The quantitative estimate of drug-likeness (QED) is 0.100. The Bertz CT molecular complexity index is 782. The van der Waals surface area contributed by atoms with E-state index in [1.165, 1.54) is 0 Å². The molecule has 0 spiro atoms. The van der Waals surface area contributed by atoms with Crippen molar-refractivity contribution in [1.29, 1.82) is 0 Å². The first-order chi connectivity index (χ1) is 17.6. The molecule has 5 nitrogen and oxygen atoms in total. The predicted molar refractivity (Wildman–Crippen MR) is 178 cm³/mol. The molecule has 0 fully saturated rings. The molecule has 38 heavy (non-hydrogen) atoms. The van der Waals surface area contributed by atoms with Gasteiger partial charge in [0.25, 0.3) is 0 Å². The van der Waals surface area contributed by atoms with Crippen molar-refractivity contribution in [1.82, 2.24) is 0 Å². The highest BCUT2D eigenvalue weighted by atomic mass is 28.5. The highest BCUT2D eigenvalue weighted by Crippen LogP contribution is 2.37. The van der Waals surface area contributed by atoms with Crippen molar-refractivity contribution >= 4 is 50.9 Å². The van der Waals surface area contributed by atoms with E-state index in [2.05, 4.69) is 92.4 Å². The lowest BCUT2D eigenvalue weighted by atomic mass is 10.8. The first-order valence-corrected chi connectivity index (χ1v) is 29.6. The molecule has 218 valence electrons. The first-order valence-electron chi connectivity index (χ1n) is 14.5. The van der Waals surface area contributed by atoms with E-state index in [0.717, 1.165) is 36.3 Å². The van der Waals surface area contributed by atoms with E-state index >= 15 is 0 Å². The van der Waals surface area contributed by atoms with E-state index in [0.29, 0.717) is 24.2 Å². The molecule has 0 aliphatic carbocycles. The van der Waals surface area contributed by atoms with E-state index in [4.69, 9.17) is 39.8 Å². The van der Waals surface area contributed by atoms with Crippen molar-refractivity contribution in [2.75, 3.05) is 0 Å². The summed E-state index contributed by atoms with van der Waals surface area (Å²) in [5.41, 5.74) is 0. The third kappa shape index (κ3) is 11.0. The monoisotopic (exact) mass is 628 g/mol. The van der Waals surface area contributed by atoms with Gasteiger partial charge in [0, 0.05) is 24.2 Å². The van der Waals surface area contributed by atoms with Gasteiger partial charge < -0.3 is 20.6 Å². The van der Waals surface area contributed by atoms with Crippen LogP contribution in [0.3, 0.4) is 0 Å². The minimum absolute atomic E-state index is 0.632. The molecule has 11 heteroatoms. The maximum atomic E-state index is 7.22. The Hall–Kier alpha value is -0.219. The van der Waals surface area contributed by atoms with E-state index in [-0.39, 0.29) is 0 Å². The second kappa shape index (κ2) is 16.3. The standard InChI is InChI=1S/C27H56O5Si6/c1-15-25-35(18-4,19-5)28-33(11,12)30-38(24-10,32-37(22-8,23-9)27-17-3)31-34(13,14)29-36(20-6,21-7)26-16-2/h1-3H,18-27H2,4-14H3. The zero-order valence-corrected chi connectivity index (χ0v) is 32.3. The van der Waals surface area contributed by atoms with Crippen molar-refractivity contribution < 1.29 is 20.6 Å². The summed E-state index contributed by atoms with van der Waals surface area (Å²) in [6.45, 7) is 23.7. The second-order valence-electron chi connectivity index (χ2n) is 11.2. The van der Waals surface area contributed by atoms with Crippen LogP contribution >= 0.6 is 0 Å². The molecule has 0 aliphatic rings. The minimum atomic E-state index is -3.27. The maximum Gasteiger partial charge on any atom is 0.472 e. The molecule has 0 N–H and O–H groups in total. The van der Waals surface area contributed by atoms with Gasteiger partial charge in [-0.15, -0.1) is 37.0 Å². The highest BCUT2D eigenvalue weighted by molar-refractivity contribution is 6.93. The Labute approximate surface area is 242 Å². The summed E-state index contributed by atoms with van der Waals surface area (Å²) in [6, 6.07) is 8.23. The third-order valence-electron chi connectivity index (χ3n) is 7.67. The van der Waals surface area contributed by atoms with Crippen molar-refractivity contribution in [3.63, 3.8) is 0 Å². The molecule has 0 unspecified atom stereocenters. The van der Waals surface area contributed by atoms with Crippen molar-refractivity contribution in [2.24, 2.45) is 0 Å². The predicted octanol–water partition coefficient (Wildman–Crippen LogP) is 8.29. The van der Waals surface area contributed by atoms with Gasteiger partial charge in [-0.25, -0.2) is 0 Å². The van der Waals surface area contributed by atoms with Gasteiger partial charge >= 0.3 is 25.9 Å². The fourth-order valence-electron chi connectivity index (χ4n) is 5.04. The van der Waals surface area contributed by atoms with Gasteiger partial charge in [0.05, 0.1) is 0 Å². The van der Waals surface area contributed by atoms with E-state index in [1.54, 1.807) is 0 Å². The van der Waals surface area contributed by atoms with E-state index in [1.807, 2.05) is 0 Å². The van der Waals surface area contributed by atoms with E-state index < -0.39 is 50.9 Å². The van der Waals surface area contributed by atoms with Gasteiger partial charge in [0.1, 0.15) is 0 Å². The van der Waals surface area contributed by atoms with Crippen LogP contribution in [0.25, 0.3) is 0 Å². The molecule has 0 radical (unpaired) electrons. The van der Waals surface area contributed by atoms with Gasteiger partial charge in [-0.1, -0.05) is 48.5 Å². The minimum Gasteiger partial charge on any atom is -0.435 e. The highest BCUT2D eigenvalue weighted by Gasteiger charge is 2.56. The summed E-state index contributed by atoms with van der Waals surface area (Å²) < 4.78 is 35.5. The normalized spacial score (nSPS) is 13.6. The maximum absolute atomic E-state index is 7.22. The summed E-state index contributed by atoms with van der Waals surface area (Å²) in [7, 11) is -15.3. The van der Waals surface area contributed by atoms with Gasteiger partial charge in [-0.05, 0) is 62.5 Å². The average Bonchev–Trinajstić information content (AvgIpc) is 2.86. The van der Waals surface area contributed by atoms with E-state index in [9.17, 15) is 0 Å². The number of rotatable bonds is 20. The Morgan fingerprint density at radius 2 is 0.684 bits per heavy atom. The van der Waals surface area contributed by atoms with Crippen molar-refractivity contribution in [3.8, 4) is 37.0 Å². The third-order valence-corrected chi connectivity index (χ3v) is 35.6. The average molecular weight is 629 g/mol. The lowest BCUT2D eigenvalue weighted by molar-refractivity contribution is 0.205. The molecule has 0 atom stereocenters. The molecule has 0 rings (SSSR count). The van der Waals surface area contributed by atoms with Gasteiger partial charge in [-0.3, -0.25) is 0 Å². The molecule has 0 bridgehead atoms. The summed E-state index contributed by atoms with van der Waals surface area (Å²) in [5, 5.41) is 0. The van der Waals surface area contributed by atoms with Crippen molar-refractivity contribution in [2.45, 2.75) is 135 Å². The molecule has 0 saturated heterocycles. The van der Waals surface area contributed by atoms with Crippen molar-refractivity contribution in [3.05, 3.63) is 0 Å². The number of hydrogen-bond donors (Lipinski definition) is 0. The molecule has 0 amide bonds. The fraction of sp³-hybridized carbons (Fsp3) is 0.778. The smallest absolute Gasteiger partial charge is 0.435 e. The SMILES string of the molecule is C#CC[Si](CC)(CC)O[Si](C)(C)O[Si](CC)(O[Si](CC)(CC)CC#C)O[Si](C)(C)O[Si](CC)(CC)CC#C. The first kappa shape index (κ1) is 37.8. The zero-order chi connectivity index (χ0) is 29.7. The molecule has 0 saturated carbocycles. The van der Waals surface area contributed by atoms with Gasteiger partial charge in [0.15, 0.2) is 25.0 Å². The Kier molecular flexibility index (Phi) is 16.2. The second-order valence-corrected chi connectivity index (χ2v) is 35.3. The molecule has 0 heterocycles. The molecule has 0 aromatic heterocycles. The van der Waals surface area contributed by atoms with Crippen LogP contribution in [0.2, 0.25) is 86.6 Å². The zero-order valence-electron chi connectivity index (χ0n) is 26.3. The summed E-state index contributed by atoms with van der Waals surface area (Å²) in [4.78, 5) is 0. The Morgan fingerprint density at radius 1 is 0.421 bits per heavy atom. The number of terminal acetylenes is 3. The summed E-state index contributed by atoms with van der Waals surface area (Å²) >= 11 is 0. The van der Waals surface area contributed by atoms with Crippen LogP contribution in [0.15, 0.2) is 0 Å². The van der Waals surface area contributed by atoms with Crippen LogP contribution < -0.4 is 0 Å². The van der Waals surface area contributed by atoms with Crippen LogP contribution in [0, 0.1) is 37.0 Å². The molecular weight excluding hydrogens is 573 g/mol. The molecule has 0 aliphatic heterocycles. The van der Waals surface area contributed by atoms with Gasteiger partial charge in [0.2, 0.25) is 0 Å². The Balaban J connectivity index is 6.70. The van der Waals surface area contributed by atoms with Crippen LogP contribution in [0.4, 0.5) is 0 Å². The summed E-state index contributed by atoms with van der Waals surface area (Å²) in [6.07, 6.45) is 17.4. The molecular formula is C27H56O5Si6. The molecule has 0 aromatic carbocycles. The van der Waals surface area contributed by atoms with Gasteiger partial charge in [-0.2, -0.15) is 0 Å². The van der Waals surface area contributed by atoms with Crippen LogP contribution in [-0.2, 0) is 20.6 Å². The fourth-order valence-corrected chi connectivity index (χ4v) is 34.9. The number of hydrogen-bond acceptors (Lipinski definition) is 5. The van der Waals surface area contributed by atoms with Crippen LogP contribution in [0.1, 0.15) is 48.5 Å². The Morgan fingerprint density at radius 3 is 0.895 bits per heavy atom. The topological polar surface area (TPSA) is 46.2 Å².